The fourth-order valence-corrected chi connectivity index (χ4v) is 5.25. The summed E-state index contributed by atoms with van der Waals surface area (Å²) in [6, 6.07) is 21.9. The minimum absolute atomic E-state index is 0.0380. The van der Waals surface area contributed by atoms with E-state index in [1.54, 1.807) is 12.0 Å². The van der Waals surface area contributed by atoms with Gasteiger partial charge in [-0.2, -0.15) is 4.99 Å². The number of halogens is 1. The molecule has 0 bridgehead atoms. The normalized spacial score (nSPS) is 16.1. The van der Waals surface area contributed by atoms with E-state index in [-0.39, 0.29) is 18.2 Å². The lowest BCUT2D eigenvalue weighted by molar-refractivity contribution is -0.126. The van der Waals surface area contributed by atoms with E-state index in [9.17, 15) is 9.59 Å². The number of aliphatic imine (C=N–C) groups is 2. The molecular weight excluding hydrogens is 496 g/mol. The number of benzene rings is 3. The average Bonchev–Trinajstić information content (AvgIpc) is 3.23. The van der Waals surface area contributed by atoms with Gasteiger partial charge in [-0.15, -0.1) is 0 Å². The van der Waals surface area contributed by atoms with E-state index in [2.05, 4.69) is 10.3 Å². The Balaban J connectivity index is 1.35. The van der Waals surface area contributed by atoms with Crippen molar-refractivity contribution in [1.82, 2.24) is 10.2 Å². The summed E-state index contributed by atoms with van der Waals surface area (Å²) >= 11 is 7.51. The molecule has 3 aromatic carbocycles. The van der Waals surface area contributed by atoms with Gasteiger partial charge in [0.15, 0.2) is 5.17 Å². The molecule has 1 unspecified atom stereocenters. The maximum atomic E-state index is 13.0. The number of methoxy groups -OCH3 is 1. The second kappa shape index (κ2) is 10.6. The van der Waals surface area contributed by atoms with Gasteiger partial charge in [-0.25, -0.2) is 4.99 Å². The number of carbonyl (C=O) groups excluding carboxylic acids is 2. The number of nitrogens with one attached hydrogen (secondary N) is 1. The van der Waals surface area contributed by atoms with Gasteiger partial charge in [0.05, 0.1) is 19.2 Å². The lowest BCUT2D eigenvalue weighted by Crippen LogP contribution is -2.45. The first-order valence-electron chi connectivity index (χ1n) is 11.4. The summed E-state index contributed by atoms with van der Waals surface area (Å²) in [7, 11) is 1.59. The number of amidine groups is 2. The minimum Gasteiger partial charge on any atom is -0.496 e. The minimum atomic E-state index is -0.762. The van der Waals surface area contributed by atoms with Crippen molar-refractivity contribution in [1.29, 1.82) is 0 Å². The Morgan fingerprint density at radius 3 is 2.61 bits per heavy atom. The predicted octanol–water partition coefficient (Wildman–Crippen LogP) is 4.95. The van der Waals surface area contributed by atoms with E-state index in [1.165, 1.54) is 11.8 Å². The molecule has 9 heteroatoms. The molecule has 0 aromatic heterocycles. The standard InChI is InChI=1S/C27H23ClN4O3S/c1-35-23-9-5-2-6-18(23)15-29-24(33)14-22-26(34)31-25-20-7-3-4-8-21(20)30-27(32(22)25)36-16-17-10-12-19(28)13-11-17/h2-13,22H,14-16H2,1H3,(H,29,33). The summed E-state index contributed by atoms with van der Waals surface area (Å²) in [5.41, 5.74) is 3.45. The lowest BCUT2D eigenvalue weighted by atomic mass is 10.1. The molecule has 2 amide bonds. The summed E-state index contributed by atoms with van der Waals surface area (Å²) in [6.07, 6.45) is -0.0380. The summed E-state index contributed by atoms with van der Waals surface area (Å²) in [6.45, 7) is 0.298. The second-order valence-electron chi connectivity index (χ2n) is 8.28. The van der Waals surface area contributed by atoms with Crippen LogP contribution in [0.15, 0.2) is 82.8 Å². The van der Waals surface area contributed by atoms with Crippen molar-refractivity contribution >= 4 is 51.9 Å². The van der Waals surface area contributed by atoms with Crippen LogP contribution in [0, 0.1) is 0 Å². The Morgan fingerprint density at radius 2 is 1.81 bits per heavy atom. The van der Waals surface area contributed by atoms with Gasteiger partial charge in [-0.1, -0.05) is 65.8 Å². The highest BCUT2D eigenvalue weighted by Gasteiger charge is 2.42. The van der Waals surface area contributed by atoms with E-state index in [0.29, 0.717) is 34.1 Å². The zero-order chi connectivity index (χ0) is 25.1. The third-order valence-electron chi connectivity index (χ3n) is 5.94. The van der Waals surface area contributed by atoms with Gasteiger partial charge in [0.25, 0.3) is 5.91 Å². The first-order valence-corrected chi connectivity index (χ1v) is 12.8. The van der Waals surface area contributed by atoms with Gasteiger partial charge in [-0.05, 0) is 35.9 Å². The monoisotopic (exact) mass is 518 g/mol. The number of rotatable bonds is 7. The van der Waals surface area contributed by atoms with Crippen molar-refractivity contribution in [2.24, 2.45) is 9.98 Å². The molecule has 2 aliphatic heterocycles. The van der Waals surface area contributed by atoms with Crippen LogP contribution in [-0.2, 0) is 21.9 Å². The number of thioether (sulfide) groups is 1. The maximum Gasteiger partial charge on any atom is 0.271 e. The number of fused-ring (bicyclic) bond motifs is 3. The average molecular weight is 519 g/mol. The molecular formula is C27H23ClN4O3S. The highest BCUT2D eigenvalue weighted by Crippen LogP contribution is 2.35. The molecule has 2 heterocycles. The molecule has 182 valence electrons. The third-order valence-corrected chi connectivity index (χ3v) is 7.21. The SMILES string of the molecule is COc1ccccc1CNC(=O)CC1C(=O)N=C2c3ccccc3N=C(SCc3ccc(Cl)cc3)N21. The number of hydrogen-bond donors (Lipinski definition) is 1. The first-order chi connectivity index (χ1) is 17.5. The molecule has 5 rings (SSSR count). The number of carbonyl (C=O) groups is 2. The molecule has 7 nitrogen and oxygen atoms in total. The largest absolute Gasteiger partial charge is 0.496 e. The zero-order valence-corrected chi connectivity index (χ0v) is 21.1. The van der Waals surface area contributed by atoms with Crippen molar-refractivity contribution in [3.63, 3.8) is 0 Å². The van der Waals surface area contributed by atoms with Gasteiger partial charge in [0.1, 0.15) is 17.6 Å². The van der Waals surface area contributed by atoms with Crippen molar-refractivity contribution < 1.29 is 14.3 Å². The third kappa shape index (κ3) is 5.01. The Labute approximate surface area is 218 Å². The van der Waals surface area contributed by atoms with E-state index in [4.69, 9.17) is 21.3 Å². The Bertz CT molecular complexity index is 1370. The van der Waals surface area contributed by atoms with Crippen LogP contribution in [0.5, 0.6) is 5.75 Å². The summed E-state index contributed by atoms with van der Waals surface area (Å²) < 4.78 is 5.36. The molecule has 0 radical (unpaired) electrons. The number of nitrogens with zero attached hydrogens (tertiary/aromatic N) is 3. The molecule has 2 aliphatic rings. The van der Waals surface area contributed by atoms with Crippen LogP contribution < -0.4 is 10.1 Å². The lowest BCUT2D eigenvalue weighted by Gasteiger charge is -2.30. The van der Waals surface area contributed by atoms with E-state index in [1.807, 2.05) is 72.8 Å². The highest BCUT2D eigenvalue weighted by molar-refractivity contribution is 8.13. The quantitative estimate of drug-likeness (QED) is 0.478. The molecule has 0 aliphatic carbocycles. The van der Waals surface area contributed by atoms with Crippen molar-refractivity contribution in [3.8, 4) is 5.75 Å². The molecule has 3 aromatic rings. The van der Waals surface area contributed by atoms with Crippen LogP contribution in [0.4, 0.5) is 5.69 Å². The van der Waals surface area contributed by atoms with E-state index < -0.39 is 6.04 Å². The van der Waals surface area contributed by atoms with Crippen LogP contribution in [0.2, 0.25) is 5.02 Å². The molecule has 1 atom stereocenters. The van der Waals surface area contributed by atoms with Gasteiger partial charge in [-0.3, -0.25) is 14.5 Å². The number of amides is 2. The molecule has 0 spiro atoms. The van der Waals surface area contributed by atoms with Crippen molar-refractivity contribution in [2.45, 2.75) is 24.8 Å². The second-order valence-corrected chi connectivity index (χ2v) is 9.66. The fraction of sp³-hybridized carbons (Fsp3) is 0.185. The summed E-state index contributed by atoms with van der Waals surface area (Å²) in [4.78, 5) is 36.9. The highest BCUT2D eigenvalue weighted by atomic mass is 35.5. The number of para-hydroxylation sites is 2. The van der Waals surface area contributed by atoms with Gasteiger partial charge >= 0.3 is 0 Å². The Hall–Kier alpha value is -3.62. The van der Waals surface area contributed by atoms with Crippen LogP contribution in [0.3, 0.4) is 0 Å². The summed E-state index contributed by atoms with van der Waals surface area (Å²) in [5.74, 6) is 1.25. The van der Waals surface area contributed by atoms with Crippen LogP contribution in [0.25, 0.3) is 0 Å². The molecule has 1 N–H and O–H groups in total. The fourth-order valence-electron chi connectivity index (χ4n) is 4.12. The topological polar surface area (TPSA) is 83.4 Å². The zero-order valence-electron chi connectivity index (χ0n) is 19.5. The van der Waals surface area contributed by atoms with Crippen molar-refractivity contribution in [2.75, 3.05) is 7.11 Å². The van der Waals surface area contributed by atoms with Gasteiger partial charge in [0.2, 0.25) is 5.91 Å². The number of ether oxygens (including phenoxy) is 1. The van der Waals surface area contributed by atoms with E-state index in [0.717, 1.165) is 22.4 Å². The predicted molar refractivity (Wildman–Crippen MR) is 143 cm³/mol. The molecule has 0 fully saturated rings. The maximum absolute atomic E-state index is 13.0. The molecule has 0 saturated heterocycles. The molecule has 0 saturated carbocycles. The Morgan fingerprint density at radius 1 is 1.06 bits per heavy atom. The van der Waals surface area contributed by atoms with E-state index >= 15 is 0 Å². The van der Waals surface area contributed by atoms with Crippen LogP contribution >= 0.6 is 23.4 Å². The van der Waals surface area contributed by atoms with Crippen LogP contribution in [0.1, 0.15) is 23.1 Å². The van der Waals surface area contributed by atoms with Crippen molar-refractivity contribution in [3.05, 3.63) is 94.5 Å². The molecule has 36 heavy (non-hydrogen) atoms. The number of hydrogen-bond acceptors (Lipinski definition) is 6. The van der Waals surface area contributed by atoms with Crippen LogP contribution in [-0.4, -0.2) is 40.9 Å². The first kappa shape index (κ1) is 24.1. The Kier molecular flexibility index (Phi) is 7.06. The smallest absolute Gasteiger partial charge is 0.271 e. The van der Waals surface area contributed by atoms with Gasteiger partial charge in [0, 0.05) is 28.4 Å². The summed E-state index contributed by atoms with van der Waals surface area (Å²) in [5, 5.41) is 4.21. The van der Waals surface area contributed by atoms with Gasteiger partial charge < -0.3 is 10.1 Å².